The van der Waals surface area contributed by atoms with E-state index >= 15 is 0 Å². The fourth-order valence-corrected chi connectivity index (χ4v) is 2.53. The van der Waals surface area contributed by atoms with Gasteiger partial charge in [0.2, 0.25) is 0 Å². The van der Waals surface area contributed by atoms with Crippen LogP contribution in [0, 0.1) is 6.92 Å². The quantitative estimate of drug-likeness (QED) is 0.897. The second-order valence-electron chi connectivity index (χ2n) is 4.08. The number of carbonyl (C=O) groups is 1. The highest BCUT2D eigenvalue weighted by Gasteiger charge is 2.20. The molecule has 0 unspecified atom stereocenters. The van der Waals surface area contributed by atoms with E-state index in [0.29, 0.717) is 6.42 Å². The average Bonchev–Trinajstić information content (AvgIpc) is 2.80. The summed E-state index contributed by atoms with van der Waals surface area (Å²) in [5.74, 6) is -1.21. The van der Waals surface area contributed by atoms with Crippen LogP contribution in [0.3, 0.4) is 0 Å². The fraction of sp³-hybridized carbons (Fsp3) is 0.214. The van der Waals surface area contributed by atoms with Gasteiger partial charge < -0.3 is 5.11 Å². The van der Waals surface area contributed by atoms with Crippen molar-refractivity contribution < 1.29 is 9.90 Å². The zero-order valence-corrected chi connectivity index (χ0v) is 10.4. The summed E-state index contributed by atoms with van der Waals surface area (Å²) < 4.78 is 0. The van der Waals surface area contributed by atoms with E-state index < -0.39 is 11.9 Å². The van der Waals surface area contributed by atoms with Gasteiger partial charge in [0.1, 0.15) is 0 Å². The van der Waals surface area contributed by atoms with Crippen LogP contribution in [0.1, 0.15) is 21.9 Å². The van der Waals surface area contributed by atoms with Crippen LogP contribution < -0.4 is 0 Å². The second kappa shape index (κ2) is 5.15. The molecule has 2 aromatic rings. The Hall–Kier alpha value is -1.61. The highest BCUT2D eigenvalue weighted by atomic mass is 32.1. The van der Waals surface area contributed by atoms with Gasteiger partial charge in [0, 0.05) is 4.88 Å². The summed E-state index contributed by atoms with van der Waals surface area (Å²) in [6, 6.07) is 11.7. The summed E-state index contributed by atoms with van der Waals surface area (Å²) in [6.45, 7) is 2.00. The topological polar surface area (TPSA) is 37.3 Å². The highest BCUT2D eigenvalue weighted by molar-refractivity contribution is 7.09. The van der Waals surface area contributed by atoms with Crippen LogP contribution in [-0.2, 0) is 11.2 Å². The summed E-state index contributed by atoms with van der Waals surface area (Å²) in [6.07, 6.45) is 0.566. The van der Waals surface area contributed by atoms with Crippen LogP contribution in [0.2, 0.25) is 0 Å². The van der Waals surface area contributed by atoms with E-state index in [-0.39, 0.29) is 0 Å². The first-order valence-electron chi connectivity index (χ1n) is 5.48. The Morgan fingerprint density at radius 2 is 2.00 bits per heavy atom. The molecule has 1 aromatic carbocycles. The van der Waals surface area contributed by atoms with Gasteiger partial charge in [-0.25, -0.2) is 0 Å². The predicted octanol–water partition coefficient (Wildman–Crippen LogP) is 3.47. The van der Waals surface area contributed by atoms with Crippen molar-refractivity contribution in [3.63, 3.8) is 0 Å². The lowest BCUT2D eigenvalue weighted by atomic mass is 9.94. The van der Waals surface area contributed by atoms with Crippen molar-refractivity contribution in [2.24, 2.45) is 0 Å². The summed E-state index contributed by atoms with van der Waals surface area (Å²) in [5.41, 5.74) is 2.02. The molecule has 0 bridgehead atoms. The van der Waals surface area contributed by atoms with Gasteiger partial charge in [0.05, 0.1) is 5.92 Å². The third-order valence-corrected chi connectivity index (χ3v) is 3.66. The molecule has 1 aromatic heterocycles. The molecular weight excluding hydrogens is 232 g/mol. The van der Waals surface area contributed by atoms with Crippen molar-refractivity contribution in [3.05, 3.63) is 57.8 Å². The maximum absolute atomic E-state index is 11.3. The number of aryl methyl sites for hydroxylation is 1. The van der Waals surface area contributed by atoms with Gasteiger partial charge in [0.25, 0.3) is 0 Å². The molecule has 0 aliphatic heterocycles. The van der Waals surface area contributed by atoms with Gasteiger partial charge in [-0.15, -0.1) is 11.3 Å². The minimum Gasteiger partial charge on any atom is -0.481 e. The minimum atomic E-state index is -0.762. The fourth-order valence-electron chi connectivity index (χ4n) is 1.78. The monoisotopic (exact) mass is 246 g/mol. The van der Waals surface area contributed by atoms with Crippen LogP contribution >= 0.6 is 11.3 Å². The number of carboxylic acid groups (broad SMARTS) is 1. The van der Waals surface area contributed by atoms with Crippen molar-refractivity contribution in [1.82, 2.24) is 0 Å². The summed E-state index contributed by atoms with van der Waals surface area (Å²) >= 11 is 1.60. The lowest BCUT2D eigenvalue weighted by molar-refractivity contribution is -0.138. The number of benzene rings is 1. The zero-order chi connectivity index (χ0) is 12.3. The number of hydrogen-bond acceptors (Lipinski definition) is 2. The first-order chi connectivity index (χ1) is 8.16. The smallest absolute Gasteiger partial charge is 0.311 e. The lowest BCUT2D eigenvalue weighted by Crippen LogP contribution is -2.13. The van der Waals surface area contributed by atoms with Crippen LogP contribution in [0.5, 0.6) is 0 Å². The van der Waals surface area contributed by atoms with E-state index in [1.165, 1.54) is 0 Å². The lowest BCUT2D eigenvalue weighted by Gasteiger charge is -2.11. The maximum Gasteiger partial charge on any atom is 0.311 e. The molecule has 0 saturated heterocycles. The first-order valence-corrected chi connectivity index (χ1v) is 6.36. The maximum atomic E-state index is 11.3. The van der Waals surface area contributed by atoms with Crippen molar-refractivity contribution in [1.29, 1.82) is 0 Å². The third kappa shape index (κ3) is 2.94. The van der Waals surface area contributed by atoms with Crippen molar-refractivity contribution in [3.8, 4) is 0 Å². The minimum absolute atomic E-state index is 0.450. The Morgan fingerprint density at radius 3 is 2.53 bits per heavy atom. The van der Waals surface area contributed by atoms with Crippen LogP contribution in [-0.4, -0.2) is 11.1 Å². The van der Waals surface area contributed by atoms with Gasteiger partial charge in [-0.05, 0) is 30.4 Å². The molecule has 2 nitrogen and oxygen atoms in total. The Kier molecular flexibility index (Phi) is 3.59. The molecule has 0 aliphatic rings. The predicted molar refractivity (Wildman–Crippen MR) is 69.6 cm³/mol. The number of rotatable bonds is 4. The largest absolute Gasteiger partial charge is 0.481 e. The van der Waals surface area contributed by atoms with E-state index in [1.807, 2.05) is 48.7 Å². The van der Waals surface area contributed by atoms with Crippen LogP contribution in [0.4, 0.5) is 0 Å². The summed E-state index contributed by atoms with van der Waals surface area (Å²) in [4.78, 5) is 12.4. The molecule has 17 heavy (non-hydrogen) atoms. The van der Waals surface area contributed by atoms with Crippen molar-refractivity contribution >= 4 is 17.3 Å². The van der Waals surface area contributed by atoms with Gasteiger partial charge in [0.15, 0.2) is 0 Å². The zero-order valence-electron chi connectivity index (χ0n) is 9.59. The van der Waals surface area contributed by atoms with Gasteiger partial charge in [-0.2, -0.15) is 0 Å². The number of carboxylic acids is 1. The van der Waals surface area contributed by atoms with E-state index in [0.717, 1.165) is 16.0 Å². The Labute approximate surface area is 105 Å². The Bertz CT molecular complexity index is 485. The molecule has 2 rings (SSSR count). The standard InChI is InChI=1S/C14H14O2S/c1-10-4-6-11(7-5-10)13(14(15)16)9-12-3-2-8-17-12/h2-8,13H,9H2,1H3,(H,15,16)/t13-/m1/s1. The molecule has 88 valence electrons. The van der Waals surface area contributed by atoms with E-state index in [2.05, 4.69) is 0 Å². The molecule has 1 atom stereocenters. The summed E-state index contributed by atoms with van der Waals surface area (Å²) in [5, 5.41) is 11.3. The molecule has 0 spiro atoms. The van der Waals surface area contributed by atoms with Gasteiger partial charge in [-0.3, -0.25) is 4.79 Å². The highest BCUT2D eigenvalue weighted by Crippen LogP contribution is 2.24. The van der Waals surface area contributed by atoms with Crippen molar-refractivity contribution in [2.75, 3.05) is 0 Å². The van der Waals surface area contributed by atoms with E-state index in [9.17, 15) is 9.90 Å². The number of thiophene rings is 1. The average molecular weight is 246 g/mol. The number of aliphatic carboxylic acids is 1. The van der Waals surface area contributed by atoms with Gasteiger partial charge in [-0.1, -0.05) is 35.9 Å². The number of hydrogen-bond donors (Lipinski definition) is 1. The second-order valence-corrected chi connectivity index (χ2v) is 5.12. The SMILES string of the molecule is Cc1ccc([C@@H](Cc2cccs2)C(=O)O)cc1. The molecule has 3 heteroatoms. The Balaban J connectivity index is 2.23. The van der Waals surface area contributed by atoms with E-state index in [1.54, 1.807) is 11.3 Å². The molecule has 0 aliphatic carbocycles. The molecular formula is C14H14O2S. The molecule has 0 saturated carbocycles. The van der Waals surface area contributed by atoms with Crippen molar-refractivity contribution in [2.45, 2.75) is 19.3 Å². The van der Waals surface area contributed by atoms with Gasteiger partial charge >= 0.3 is 5.97 Å². The molecule has 0 amide bonds. The Morgan fingerprint density at radius 1 is 1.29 bits per heavy atom. The summed E-state index contributed by atoms with van der Waals surface area (Å²) in [7, 11) is 0. The first kappa shape index (κ1) is 11.9. The molecule has 0 radical (unpaired) electrons. The molecule has 0 fully saturated rings. The third-order valence-electron chi connectivity index (χ3n) is 2.76. The van der Waals surface area contributed by atoms with E-state index in [4.69, 9.17) is 0 Å². The molecule has 1 heterocycles. The van der Waals surface area contributed by atoms with Crippen LogP contribution in [0.15, 0.2) is 41.8 Å². The normalized spacial score (nSPS) is 12.3. The van der Waals surface area contributed by atoms with Crippen LogP contribution in [0.25, 0.3) is 0 Å². The molecule has 1 N–H and O–H groups in total.